The molecular formula is C24H26ClN3O3. The van der Waals surface area contributed by atoms with Crippen molar-refractivity contribution in [3.8, 4) is 0 Å². The van der Waals surface area contributed by atoms with Crippen molar-refractivity contribution < 1.29 is 14.4 Å². The molecule has 31 heavy (non-hydrogen) atoms. The van der Waals surface area contributed by atoms with Gasteiger partial charge in [0.05, 0.1) is 6.42 Å². The summed E-state index contributed by atoms with van der Waals surface area (Å²) in [5.74, 6) is -0.445. The van der Waals surface area contributed by atoms with E-state index in [0.717, 1.165) is 29.9 Å². The van der Waals surface area contributed by atoms with Crippen LogP contribution in [0.2, 0.25) is 5.02 Å². The second-order valence-electron chi connectivity index (χ2n) is 8.27. The van der Waals surface area contributed by atoms with Crippen LogP contribution in [0.4, 0.5) is 5.69 Å². The molecule has 0 radical (unpaired) electrons. The van der Waals surface area contributed by atoms with Crippen LogP contribution in [0.3, 0.4) is 0 Å². The Hall–Kier alpha value is -2.86. The molecular weight excluding hydrogens is 414 g/mol. The first kappa shape index (κ1) is 21.4. The SMILES string of the molecule is Cc1ccc(C2(CCC(=O)N3CCN(c4cccc(Cl)c4)CC3)NC(=O)CC2=O)cc1. The molecule has 0 bridgehead atoms. The molecule has 2 aliphatic heterocycles. The molecule has 7 heteroatoms. The van der Waals surface area contributed by atoms with E-state index in [1.165, 1.54) is 0 Å². The van der Waals surface area contributed by atoms with Gasteiger partial charge in [-0.05, 0) is 37.1 Å². The third-order valence-electron chi connectivity index (χ3n) is 6.21. The summed E-state index contributed by atoms with van der Waals surface area (Å²) in [6, 6.07) is 15.3. The second-order valence-corrected chi connectivity index (χ2v) is 8.70. The van der Waals surface area contributed by atoms with Gasteiger partial charge in [0.1, 0.15) is 5.54 Å². The van der Waals surface area contributed by atoms with E-state index >= 15 is 0 Å². The number of nitrogens with zero attached hydrogens (tertiary/aromatic N) is 2. The van der Waals surface area contributed by atoms with E-state index in [9.17, 15) is 14.4 Å². The minimum absolute atomic E-state index is 0.00572. The quantitative estimate of drug-likeness (QED) is 0.727. The van der Waals surface area contributed by atoms with Crippen LogP contribution in [0.25, 0.3) is 0 Å². The summed E-state index contributed by atoms with van der Waals surface area (Å²) in [5.41, 5.74) is 1.76. The fourth-order valence-corrected chi connectivity index (χ4v) is 4.59. The summed E-state index contributed by atoms with van der Waals surface area (Å²) in [6.45, 7) is 4.65. The van der Waals surface area contributed by atoms with E-state index < -0.39 is 5.54 Å². The molecule has 4 rings (SSSR count). The summed E-state index contributed by atoms with van der Waals surface area (Å²) in [6.07, 6.45) is 0.339. The largest absolute Gasteiger partial charge is 0.368 e. The molecule has 0 aliphatic carbocycles. The number of nitrogens with one attached hydrogen (secondary N) is 1. The van der Waals surface area contributed by atoms with Crippen LogP contribution < -0.4 is 10.2 Å². The summed E-state index contributed by atoms with van der Waals surface area (Å²) in [7, 11) is 0. The van der Waals surface area contributed by atoms with Gasteiger partial charge in [-0.15, -0.1) is 0 Å². The van der Waals surface area contributed by atoms with Gasteiger partial charge in [0.25, 0.3) is 0 Å². The standard InChI is InChI=1S/C24H26ClN3O3/c1-17-5-7-18(8-6-17)24(21(29)16-22(30)26-24)10-9-23(31)28-13-11-27(12-14-28)20-4-2-3-19(25)15-20/h2-8,15H,9-14,16H2,1H3,(H,26,30). The highest BCUT2D eigenvalue weighted by Gasteiger charge is 2.47. The Bertz CT molecular complexity index is 999. The van der Waals surface area contributed by atoms with E-state index in [-0.39, 0.29) is 36.9 Å². The van der Waals surface area contributed by atoms with Crippen LogP contribution in [0.15, 0.2) is 48.5 Å². The second kappa shape index (κ2) is 8.71. The Balaban J connectivity index is 1.40. The van der Waals surface area contributed by atoms with E-state index in [0.29, 0.717) is 18.1 Å². The smallest absolute Gasteiger partial charge is 0.228 e. The molecule has 1 atom stereocenters. The number of halogens is 1. The number of piperazine rings is 1. The van der Waals surface area contributed by atoms with Gasteiger partial charge < -0.3 is 15.1 Å². The molecule has 1 unspecified atom stereocenters. The van der Waals surface area contributed by atoms with Gasteiger partial charge in [-0.1, -0.05) is 47.5 Å². The predicted octanol–water partition coefficient (Wildman–Crippen LogP) is 3.06. The Morgan fingerprint density at radius 3 is 2.39 bits per heavy atom. The molecule has 2 heterocycles. The summed E-state index contributed by atoms with van der Waals surface area (Å²) >= 11 is 6.09. The molecule has 2 amide bonds. The molecule has 0 saturated carbocycles. The van der Waals surface area contributed by atoms with Crippen LogP contribution >= 0.6 is 11.6 Å². The average molecular weight is 440 g/mol. The van der Waals surface area contributed by atoms with E-state index in [2.05, 4.69) is 10.2 Å². The summed E-state index contributed by atoms with van der Waals surface area (Å²) in [5, 5.41) is 3.56. The number of hydrogen-bond donors (Lipinski definition) is 1. The highest BCUT2D eigenvalue weighted by atomic mass is 35.5. The average Bonchev–Trinajstić information content (AvgIpc) is 3.06. The first-order valence-corrected chi connectivity index (χ1v) is 10.9. The Morgan fingerprint density at radius 1 is 1.06 bits per heavy atom. The van der Waals surface area contributed by atoms with Crippen LogP contribution in [0.5, 0.6) is 0 Å². The maximum atomic E-state index is 12.9. The Labute approximate surface area is 187 Å². The number of benzene rings is 2. The lowest BCUT2D eigenvalue weighted by Gasteiger charge is -2.37. The van der Waals surface area contributed by atoms with E-state index in [4.69, 9.17) is 11.6 Å². The molecule has 2 fully saturated rings. The van der Waals surface area contributed by atoms with Gasteiger partial charge in [0.2, 0.25) is 11.8 Å². The zero-order valence-corrected chi connectivity index (χ0v) is 18.3. The number of carbonyl (C=O) groups is 3. The third kappa shape index (κ3) is 4.44. The number of hydrogen-bond acceptors (Lipinski definition) is 4. The maximum Gasteiger partial charge on any atom is 0.228 e. The highest BCUT2D eigenvalue weighted by molar-refractivity contribution is 6.30. The van der Waals surface area contributed by atoms with E-state index in [1.807, 2.05) is 60.4 Å². The number of amides is 2. The Kier molecular flexibility index (Phi) is 6.01. The van der Waals surface area contributed by atoms with Crippen molar-refractivity contribution in [2.75, 3.05) is 31.1 Å². The summed E-state index contributed by atoms with van der Waals surface area (Å²) in [4.78, 5) is 41.8. The molecule has 2 saturated heterocycles. The lowest BCUT2D eigenvalue weighted by Crippen LogP contribution is -2.50. The number of aryl methyl sites for hydroxylation is 1. The van der Waals surface area contributed by atoms with Crippen LogP contribution in [0, 0.1) is 6.92 Å². The zero-order chi connectivity index (χ0) is 22.0. The molecule has 1 N–H and O–H groups in total. The number of Topliss-reactive ketones (excluding diaryl/α,β-unsaturated/α-hetero) is 1. The van der Waals surface area contributed by atoms with Gasteiger partial charge >= 0.3 is 0 Å². The fraction of sp³-hybridized carbons (Fsp3) is 0.375. The highest BCUT2D eigenvalue weighted by Crippen LogP contribution is 2.34. The molecule has 2 aromatic carbocycles. The normalized spacial score (nSPS) is 21.4. The number of rotatable bonds is 5. The van der Waals surface area contributed by atoms with Crippen molar-refractivity contribution in [3.05, 3.63) is 64.7 Å². The van der Waals surface area contributed by atoms with Gasteiger partial charge in [0.15, 0.2) is 5.78 Å². The molecule has 162 valence electrons. The lowest BCUT2D eigenvalue weighted by molar-refractivity contribution is -0.132. The van der Waals surface area contributed by atoms with Gasteiger partial charge in [0, 0.05) is 43.3 Å². The lowest BCUT2D eigenvalue weighted by atomic mass is 9.82. The first-order chi connectivity index (χ1) is 14.9. The van der Waals surface area contributed by atoms with Crippen LogP contribution in [-0.2, 0) is 19.9 Å². The third-order valence-corrected chi connectivity index (χ3v) is 6.45. The Morgan fingerprint density at radius 2 is 1.77 bits per heavy atom. The number of carbonyl (C=O) groups excluding carboxylic acids is 3. The number of ketones is 1. The molecule has 6 nitrogen and oxygen atoms in total. The topological polar surface area (TPSA) is 69.7 Å². The van der Waals surface area contributed by atoms with Crippen molar-refractivity contribution in [3.63, 3.8) is 0 Å². The minimum Gasteiger partial charge on any atom is -0.368 e. The fourth-order valence-electron chi connectivity index (χ4n) is 4.41. The predicted molar refractivity (Wildman–Crippen MR) is 120 cm³/mol. The van der Waals surface area contributed by atoms with Gasteiger partial charge in [-0.3, -0.25) is 14.4 Å². The van der Waals surface area contributed by atoms with Crippen molar-refractivity contribution in [1.29, 1.82) is 0 Å². The minimum atomic E-state index is -1.11. The van der Waals surface area contributed by atoms with Crippen molar-refractivity contribution >= 4 is 34.9 Å². The first-order valence-electron chi connectivity index (χ1n) is 10.6. The van der Waals surface area contributed by atoms with Crippen LogP contribution in [0.1, 0.15) is 30.4 Å². The van der Waals surface area contributed by atoms with Gasteiger partial charge in [-0.2, -0.15) is 0 Å². The van der Waals surface area contributed by atoms with E-state index in [1.54, 1.807) is 0 Å². The van der Waals surface area contributed by atoms with Crippen molar-refractivity contribution in [1.82, 2.24) is 10.2 Å². The van der Waals surface area contributed by atoms with Gasteiger partial charge in [-0.25, -0.2) is 0 Å². The molecule has 2 aliphatic rings. The van der Waals surface area contributed by atoms with Crippen molar-refractivity contribution in [2.45, 2.75) is 31.7 Å². The number of anilines is 1. The molecule has 2 aromatic rings. The zero-order valence-electron chi connectivity index (χ0n) is 17.6. The monoisotopic (exact) mass is 439 g/mol. The molecule has 0 aromatic heterocycles. The molecule has 0 spiro atoms. The van der Waals surface area contributed by atoms with Crippen LogP contribution in [-0.4, -0.2) is 48.7 Å². The maximum absolute atomic E-state index is 12.9. The summed E-state index contributed by atoms with van der Waals surface area (Å²) < 4.78 is 0. The van der Waals surface area contributed by atoms with Crippen molar-refractivity contribution in [2.24, 2.45) is 0 Å².